The van der Waals surface area contributed by atoms with Crippen LogP contribution in [-0.2, 0) is 9.31 Å². The van der Waals surface area contributed by atoms with E-state index in [9.17, 15) is 0 Å². The van der Waals surface area contributed by atoms with Crippen molar-refractivity contribution in [2.24, 2.45) is 0 Å². The number of aromatic hydroxyl groups is 1. The van der Waals surface area contributed by atoms with Gasteiger partial charge in [-0.15, -0.1) is 0 Å². The summed E-state index contributed by atoms with van der Waals surface area (Å²) >= 11 is 0. The van der Waals surface area contributed by atoms with Crippen molar-refractivity contribution in [2.45, 2.75) is 19.4 Å². The zero-order valence-corrected chi connectivity index (χ0v) is 10.0. The molecule has 0 saturated carbocycles. The van der Waals surface area contributed by atoms with Crippen molar-refractivity contribution in [3.05, 3.63) is 48.1 Å². The van der Waals surface area contributed by atoms with Gasteiger partial charge in [-0.05, 0) is 37.5 Å². The minimum absolute atomic E-state index is 0.255. The largest absolute Gasteiger partial charge is 0.555 e. The number of benzene rings is 1. The van der Waals surface area contributed by atoms with Crippen LogP contribution in [0.5, 0.6) is 5.75 Å². The lowest BCUT2D eigenvalue weighted by atomic mass is 9.89. The summed E-state index contributed by atoms with van der Waals surface area (Å²) in [4.78, 5) is 0. The second kappa shape index (κ2) is 4.30. The summed E-state index contributed by atoms with van der Waals surface area (Å²) in [5, 5.41) is 9.15. The highest BCUT2D eigenvalue weighted by Crippen LogP contribution is 2.29. The third kappa shape index (κ3) is 2.71. The molecule has 17 heavy (non-hydrogen) atoms. The van der Waals surface area contributed by atoms with Crippen LogP contribution < -0.4 is 0 Å². The summed E-state index contributed by atoms with van der Waals surface area (Å²) in [7, 11) is -0.397. The van der Waals surface area contributed by atoms with Gasteiger partial charge in [0.05, 0.1) is 5.76 Å². The Morgan fingerprint density at radius 3 is 2.47 bits per heavy atom. The summed E-state index contributed by atoms with van der Waals surface area (Å²) < 4.78 is 11.1. The van der Waals surface area contributed by atoms with Crippen molar-refractivity contribution in [1.82, 2.24) is 0 Å². The molecule has 88 valence electrons. The van der Waals surface area contributed by atoms with Crippen molar-refractivity contribution >= 4 is 13.2 Å². The Bertz CT molecular complexity index is 448. The van der Waals surface area contributed by atoms with E-state index in [1.54, 1.807) is 12.1 Å². The molecule has 1 N–H and O–H groups in total. The molecule has 0 atom stereocenters. The van der Waals surface area contributed by atoms with Crippen LogP contribution in [0.2, 0.25) is 0 Å². The molecule has 0 bridgehead atoms. The van der Waals surface area contributed by atoms with E-state index in [2.05, 4.69) is 6.58 Å². The Balaban J connectivity index is 2.03. The standard InChI is InChI=1S/C13H15BO3/c1-10-13(2,3)17-14(16-10)9-8-11-4-6-12(15)7-5-11/h4-9,15H,1H2,2-3H3/b9-8+. The normalized spacial score (nSPS) is 18.7. The molecule has 0 amide bonds. The van der Waals surface area contributed by atoms with Crippen LogP contribution >= 0.6 is 0 Å². The highest BCUT2D eigenvalue weighted by molar-refractivity contribution is 6.53. The zero-order chi connectivity index (χ0) is 12.5. The molecule has 0 aromatic heterocycles. The highest BCUT2D eigenvalue weighted by atomic mass is 16.7. The van der Waals surface area contributed by atoms with Gasteiger partial charge in [-0.3, -0.25) is 0 Å². The Morgan fingerprint density at radius 2 is 1.94 bits per heavy atom. The molecule has 1 saturated heterocycles. The van der Waals surface area contributed by atoms with Crippen molar-refractivity contribution in [3.8, 4) is 5.75 Å². The van der Waals surface area contributed by atoms with Crippen LogP contribution in [-0.4, -0.2) is 17.8 Å². The van der Waals surface area contributed by atoms with Crippen LogP contribution in [0, 0.1) is 0 Å². The van der Waals surface area contributed by atoms with Gasteiger partial charge in [-0.2, -0.15) is 0 Å². The number of hydrogen-bond donors (Lipinski definition) is 1. The van der Waals surface area contributed by atoms with Crippen LogP contribution in [0.15, 0.2) is 42.6 Å². The minimum atomic E-state index is -0.441. The predicted octanol–water partition coefficient (Wildman–Crippen LogP) is 2.77. The molecule has 1 aromatic carbocycles. The SMILES string of the molecule is C=C1OB(/C=C/c2ccc(O)cc2)OC1(C)C. The molecule has 0 unspecified atom stereocenters. The predicted molar refractivity (Wildman–Crippen MR) is 68.3 cm³/mol. The summed E-state index contributed by atoms with van der Waals surface area (Å²) in [5.74, 6) is 2.72. The van der Waals surface area contributed by atoms with E-state index < -0.39 is 12.7 Å². The molecule has 3 nitrogen and oxygen atoms in total. The van der Waals surface area contributed by atoms with Gasteiger partial charge >= 0.3 is 7.12 Å². The maximum absolute atomic E-state index is 9.15. The molecular formula is C13H15BO3. The van der Waals surface area contributed by atoms with Crippen LogP contribution in [0.25, 0.3) is 6.08 Å². The van der Waals surface area contributed by atoms with Gasteiger partial charge in [0.2, 0.25) is 0 Å². The minimum Gasteiger partial charge on any atom is -0.534 e. The van der Waals surface area contributed by atoms with E-state index in [1.165, 1.54) is 0 Å². The fourth-order valence-electron chi connectivity index (χ4n) is 1.52. The van der Waals surface area contributed by atoms with Gasteiger partial charge in [0.15, 0.2) is 0 Å². The molecule has 1 aromatic rings. The summed E-state index contributed by atoms with van der Waals surface area (Å²) in [6.07, 6.45) is 1.89. The molecular weight excluding hydrogens is 215 g/mol. The first-order valence-electron chi connectivity index (χ1n) is 5.48. The maximum atomic E-state index is 9.15. The molecule has 1 aliphatic rings. The summed E-state index contributed by atoms with van der Waals surface area (Å²) in [5.41, 5.74) is 0.537. The van der Waals surface area contributed by atoms with Gasteiger partial charge in [-0.1, -0.05) is 24.8 Å². The lowest BCUT2D eigenvalue weighted by molar-refractivity contribution is 0.172. The Kier molecular flexibility index (Phi) is 2.98. The van der Waals surface area contributed by atoms with Gasteiger partial charge < -0.3 is 14.4 Å². The van der Waals surface area contributed by atoms with Crippen LogP contribution in [0.4, 0.5) is 0 Å². The molecule has 0 spiro atoms. The molecule has 1 aliphatic heterocycles. The summed E-state index contributed by atoms with van der Waals surface area (Å²) in [6.45, 7) is 7.65. The smallest absolute Gasteiger partial charge is 0.534 e. The first-order valence-corrected chi connectivity index (χ1v) is 5.48. The maximum Gasteiger partial charge on any atom is 0.555 e. The van der Waals surface area contributed by atoms with E-state index in [0.717, 1.165) is 5.56 Å². The highest BCUT2D eigenvalue weighted by Gasteiger charge is 2.39. The van der Waals surface area contributed by atoms with E-state index >= 15 is 0 Å². The van der Waals surface area contributed by atoms with Crippen molar-refractivity contribution < 1.29 is 14.4 Å². The van der Waals surface area contributed by atoms with E-state index in [1.807, 2.05) is 38.0 Å². The lowest BCUT2D eigenvalue weighted by Gasteiger charge is -2.15. The number of rotatable bonds is 2. The van der Waals surface area contributed by atoms with Crippen LogP contribution in [0.1, 0.15) is 19.4 Å². The Labute approximate surface area is 102 Å². The topological polar surface area (TPSA) is 38.7 Å². The monoisotopic (exact) mass is 230 g/mol. The number of hydrogen-bond acceptors (Lipinski definition) is 3. The second-order valence-electron chi connectivity index (χ2n) is 4.49. The van der Waals surface area contributed by atoms with E-state index in [4.69, 9.17) is 14.4 Å². The van der Waals surface area contributed by atoms with Crippen molar-refractivity contribution in [1.29, 1.82) is 0 Å². The third-order valence-electron chi connectivity index (χ3n) is 2.68. The lowest BCUT2D eigenvalue weighted by Crippen LogP contribution is -2.22. The van der Waals surface area contributed by atoms with E-state index in [0.29, 0.717) is 5.76 Å². The molecule has 2 rings (SSSR count). The Morgan fingerprint density at radius 1 is 1.29 bits per heavy atom. The van der Waals surface area contributed by atoms with Gasteiger partial charge in [0, 0.05) is 0 Å². The van der Waals surface area contributed by atoms with Gasteiger partial charge in [0.25, 0.3) is 0 Å². The molecule has 1 fully saturated rings. The van der Waals surface area contributed by atoms with Gasteiger partial charge in [-0.25, -0.2) is 0 Å². The Hall–Kier alpha value is -1.68. The zero-order valence-electron chi connectivity index (χ0n) is 10.0. The average Bonchev–Trinajstić information content (AvgIpc) is 2.52. The number of phenols is 1. The van der Waals surface area contributed by atoms with Gasteiger partial charge in [0.1, 0.15) is 11.4 Å². The molecule has 1 heterocycles. The number of phenolic OH excluding ortho intramolecular Hbond substituents is 1. The average molecular weight is 230 g/mol. The first kappa shape index (κ1) is 11.8. The quantitative estimate of drug-likeness (QED) is 0.794. The van der Waals surface area contributed by atoms with Crippen molar-refractivity contribution in [2.75, 3.05) is 0 Å². The first-order chi connectivity index (χ1) is 7.97. The fraction of sp³-hybridized carbons (Fsp3) is 0.231. The second-order valence-corrected chi connectivity index (χ2v) is 4.49. The summed E-state index contributed by atoms with van der Waals surface area (Å²) in [6, 6.07) is 6.92. The molecule has 0 aliphatic carbocycles. The third-order valence-corrected chi connectivity index (χ3v) is 2.68. The molecule has 4 heteroatoms. The van der Waals surface area contributed by atoms with Crippen molar-refractivity contribution in [3.63, 3.8) is 0 Å². The van der Waals surface area contributed by atoms with Crippen LogP contribution in [0.3, 0.4) is 0 Å². The fourth-order valence-corrected chi connectivity index (χ4v) is 1.52. The molecule has 0 radical (unpaired) electrons. The van der Waals surface area contributed by atoms with E-state index in [-0.39, 0.29) is 5.75 Å².